The summed E-state index contributed by atoms with van der Waals surface area (Å²) in [5, 5.41) is 8.66. The van der Waals surface area contributed by atoms with Crippen molar-refractivity contribution in [1.82, 2.24) is 4.90 Å². The van der Waals surface area contributed by atoms with Gasteiger partial charge >= 0.3 is 0 Å². The molecule has 1 aliphatic carbocycles. The van der Waals surface area contributed by atoms with Crippen molar-refractivity contribution >= 4 is 5.91 Å². The lowest BCUT2D eigenvalue weighted by molar-refractivity contribution is -0.136. The van der Waals surface area contributed by atoms with Gasteiger partial charge in [-0.25, -0.2) is 4.39 Å². The summed E-state index contributed by atoms with van der Waals surface area (Å²) in [5.74, 6) is 0.194. The zero-order chi connectivity index (χ0) is 11.7. The van der Waals surface area contributed by atoms with Crippen LogP contribution >= 0.6 is 0 Å². The second-order valence-corrected chi connectivity index (χ2v) is 4.20. The molecule has 16 heavy (non-hydrogen) atoms. The number of nitriles is 1. The summed E-state index contributed by atoms with van der Waals surface area (Å²) in [5.41, 5.74) is 0.694. The lowest BCUT2D eigenvalue weighted by Crippen LogP contribution is -2.42. The fraction of sp³-hybridized carbons (Fsp3) is 0.636. The number of allylic oxidation sites excluding steroid dienone is 2. The third kappa shape index (κ3) is 1.75. The van der Waals surface area contributed by atoms with Crippen molar-refractivity contribution in [1.29, 1.82) is 5.26 Å². The van der Waals surface area contributed by atoms with Crippen LogP contribution < -0.4 is 0 Å². The smallest absolute Gasteiger partial charge is 0.265 e. The molecule has 0 fully saturated rings. The molecule has 5 heteroatoms. The predicted octanol–water partition coefficient (Wildman–Crippen LogP) is 1.35. The minimum atomic E-state index is -0.920. The Morgan fingerprint density at radius 2 is 2.38 bits per heavy atom. The van der Waals surface area contributed by atoms with E-state index in [1.165, 1.54) is 4.90 Å². The summed E-state index contributed by atoms with van der Waals surface area (Å²) >= 11 is 0. The molecule has 1 aliphatic heterocycles. The number of hydrogen-bond donors (Lipinski definition) is 0. The predicted molar refractivity (Wildman–Crippen MR) is 53.6 cm³/mol. The minimum absolute atomic E-state index is 0.0186. The first-order valence-electron chi connectivity index (χ1n) is 5.29. The number of hydrogen-bond acceptors (Lipinski definition) is 3. The lowest BCUT2D eigenvalue weighted by atomic mass is 9.89. The summed E-state index contributed by atoms with van der Waals surface area (Å²) in [6, 6.07) is 1.95. The summed E-state index contributed by atoms with van der Waals surface area (Å²) in [6.07, 6.45) is -0.244. The molecular formula is C11H13FN2O2. The van der Waals surface area contributed by atoms with Crippen LogP contribution in [0.25, 0.3) is 0 Å². The van der Waals surface area contributed by atoms with E-state index in [1.807, 2.05) is 6.07 Å². The number of halogens is 1. The zero-order valence-corrected chi connectivity index (χ0v) is 9.07. The number of amides is 1. The number of alkyl halides is 1. The van der Waals surface area contributed by atoms with Crippen LogP contribution in [-0.2, 0) is 9.53 Å². The second-order valence-electron chi connectivity index (χ2n) is 4.20. The number of nitrogens with zero attached hydrogens (tertiary/aromatic N) is 2. The quantitative estimate of drug-likeness (QED) is 0.632. The molecule has 0 aromatic rings. The first-order valence-corrected chi connectivity index (χ1v) is 5.29. The molecule has 0 spiro atoms. The van der Waals surface area contributed by atoms with Crippen LogP contribution in [0.4, 0.5) is 4.39 Å². The van der Waals surface area contributed by atoms with Gasteiger partial charge in [0.15, 0.2) is 6.61 Å². The van der Waals surface area contributed by atoms with E-state index in [1.54, 1.807) is 6.92 Å². The van der Waals surface area contributed by atoms with Crippen LogP contribution in [0.5, 0.6) is 0 Å². The molecule has 0 bridgehead atoms. The minimum Gasteiger partial charge on any atom is -0.486 e. The highest BCUT2D eigenvalue weighted by molar-refractivity contribution is 5.80. The summed E-state index contributed by atoms with van der Waals surface area (Å²) < 4.78 is 18.7. The molecule has 1 amide bonds. The Labute approximate surface area is 93.3 Å². The van der Waals surface area contributed by atoms with E-state index >= 15 is 0 Å². The van der Waals surface area contributed by atoms with Crippen molar-refractivity contribution in [2.45, 2.75) is 25.9 Å². The zero-order valence-electron chi connectivity index (χ0n) is 9.07. The van der Waals surface area contributed by atoms with Crippen LogP contribution in [0.2, 0.25) is 0 Å². The molecule has 2 atom stereocenters. The Kier molecular flexibility index (Phi) is 2.82. The largest absolute Gasteiger partial charge is 0.486 e. The van der Waals surface area contributed by atoms with Crippen molar-refractivity contribution < 1.29 is 13.9 Å². The van der Waals surface area contributed by atoms with Crippen molar-refractivity contribution in [2.24, 2.45) is 5.92 Å². The average molecular weight is 224 g/mol. The molecule has 86 valence electrons. The highest BCUT2D eigenvalue weighted by Gasteiger charge is 2.36. The van der Waals surface area contributed by atoms with Gasteiger partial charge in [-0.15, -0.1) is 0 Å². The Bertz CT molecular complexity index is 386. The van der Waals surface area contributed by atoms with Gasteiger partial charge in [-0.1, -0.05) is 6.92 Å². The molecule has 0 aromatic heterocycles. The maximum Gasteiger partial charge on any atom is 0.265 e. The highest BCUT2D eigenvalue weighted by atomic mass is 19.1. The Hall–Kier alpha value is -1.57. The number of ether oxygens (including phenoxy) is 1. The van der Waals surface area contributed by atoms with Gasteiger partial charge in [0.1, 0.15) is 18.5 Å². The lowest BCUT2D eigenvalue weighted by Gasteiger charge is -2.36. The molecule has 2 unspecified atom stereocenters. The Morgan fingerprint density at radius 1 is 1.62 bits per heavy atom. The van der Waals surface area contributed by atoms with Crippen molar-refractivity contribution in [3.05, 3.63) is 11.5 Å². The summed E-state index contributed by atoms with van der Waals surface area (Å²) in [7, 11) is 0. The fourth-order valence-corrected chi connectivity index (χ4v) is 2.08. The first-order chi connectivity index (χ1) is 7.63. The normalized spacial score (nSPS) is 29.6. The van der Waals surface area contributed by atoms with Gasteiger partial charge < -0.3 is 4.74 Å². The SMILES string of the molecule is CC1CC2=C(CC1F)OCC(=O)N2CC#N. The molecule has 4 nitrogen and oxygen atoms in total. The van der Waals surface area contributed by atoms with Gasteiger partial charge in [-0.3, -0.25) is 9.69 Å². The van der Waals surface area contributed by atoms with Crippen LogP contribution in [0.3, 0.4) is 0 Å². The monoisotopic (exact) mass is 224 g/mol. The van der Waals surface area contributed by atoms with E-state index in [9.17, 15) is 9.18 Å². The molecule has 0 saturated heterocycles. The van der Waals surface area contributed by atoms with E-state index in [-0.39, 0.29) is 31.4 Å². The molecular weight excluding hydrogens is 211 g/mol. The number of carbonyl (C=O) groups is 1. The maximum atomic E-state index is 13.5. The molecule has 0 N–H and O–H groups in total. The molecule has 0 saturated carbocycles. The Balaban J connectivity index is 2.29. The summed E-state index contributed by atoms with van der Waals surface area (Å²) in [4.78, 5) is 13.0. The van der Waals surface area contributed by atoms with Crippen LogP contribution in [0.1, 0.15) is 19.8 Å². The summed E-state index contributed by atoms with van der Waals surface area (Å²) in [6.45, 7) is 1.74. The molecule has 0 aromatic carbocycles. The number of carbonyl (C=O) groups excluding carboxylic acids is 1. The Morgan fingerprint density at radius 3 is 3.06 bits per heavy atom. The third-order valence-corrected chi connectivity index (χ3v) is 3.06. The molecule has 1 heterocycles. The van der Waals surface area contributed by atoms with Gasteiger partial charge in [0.25, 0.3) is 5.91 Å². The van der Waals surface area contributed by atoms with Crippen LogP contribution in [0, 0.1) is 17.2 Å². The van der Waals surface area contributed by atoms with E-state index in [2.05, 4.69) is 0 Å². The third-order valence-electron chi connectivity index (χ3n) is 3.06. The standard InChI is InChI=1S/C11H13FN2O2/c1-7-4-9-10(5-8(7)12)16-6-11(15)14(9)3-2-13/h7-8H,3-6H2,1H3. The van der Waals surface area contributed by atoms with Crippen molar-refractivity contribution in [3.8, 4) is 6.07 Å². The van der Waals surface area contributed by atoms with Crippen LogP contribution in [0.15, 0.2) is 11.5 Å². The van der Waals surface area contributed by atoms with Gasteiger partial charge in [0, 0.05) is 6.42 Å². The molecule has 2 aliphatic rings. The van der Waals surface area contributed by atoms with Crippen molar-refractivity contribution in [3.63, 3.8) is 0 Å². The number of rotatable bonds is 1. The van der Waals surface area contributed by atoms with Gasteiger partial charge in [-0.05, 0) is 12.3 Å². The van der Waals surface area contributed by atoms with Gasteiger partial charge in [0.05, 0.1) is 11.8 Å². The first kappa shape index (κ1) is 10.9. The second kappa shape index (κ2) is 4.12. The van der Waals surface area contributed by atoms with E-state index in [0.29, 0.717) is 17.9 Å². The van der Waals surface area contributed by atoms with Crippen molar-refractivity contribution in [2.75, 3.05) is 13.2 Å². The van der Waals surface area contributed by atoms with Gasteiger partial charge in [0.2, 0.25) is 0 Å². The van der Waals surface area contributed by atoms with Gasteiger partial charge in [-0.2, -0.15) is 5.26 Å². The molecule has 2 rings (SSSR count). The topological polar surface area (TPSA) is 53.3 Å². The average Bonchev–Trinajstić information content (AvgIpc) is 2.25. The highest BCUT2D eigenvalue weighted by Crippen LogP contribution is 2.35. The van der Waals surface area contributed by atoms with E-state index in [0.717, 1.165) is 0 Å². The van der Waals surface area contributed by atoms with E-state index in [4.69, 9.17) is 10.00 Å². The maximum absolute atomic E-state index is 13.5. The molecule has 0 radical (unpaired) electrons. The van der Waals surface area contributed by atoms with Crippen LogP contribution in [-0.4, -0.2) is 30.1 Å². The van der Waals surface area contributed by atoms with E-state index < -0.39 is 6.17 Å². The fourth-order valence-electron chi connectivity index (χ4n) is 2.08.